The van der Waals surface area contributed by atoms with E-state index in [1.807, 2.05) is 4.90 Å². The van der Waals surface area contributed by atoms with Crippen LogP contribution in [0.3, 0.4) is 0 Å². The third kappa shape index (κ3) is 3.89. The predicted octanol–water partition coefficient (Wildman–Crippen LogP) is -0.591. The average molecular weight is 289 g/mol. The Kier molecular flexibility index (Phi) is 4.90. The summed E-state index contributed by atoms with van der Waals surface area (Å²) in [5.74, 6) is -1.40. The van der Waals surface area contributed by atoms with Gasteiger partial charge in [0.2, 0.25) is 10.0 Å². The van der Waals surface area contributed by atoms with Gasteiger partial charge in [0.05, 0.1) is 13.2 Å². The second-order valence-electron chi connectivity index (χ2n) is 4.89. The summed E-state index contributed by atoms with van der Waals surface area (Å²) < 4.78 is 29.5. The fourth-order valence-corrected chi connectivity index (χ4v) is 3.21. The maximum atomic E-state index is 11.9. The summed E-state index contributed by atoms with van der Waals surface area (Å²) in [5.41, 5.74) is -0.613. The fourth-order valence-electron chi connectivity index (χ4n) is 1.90. The molecule has 0 aromatic carbocycles. The van der Waals surface area contributed by atoms with Crippen LogP contribution in [0.2, 0.25) is 0 Å². The minimum absolute atomic E-state index is 0.282. The van der Waals surface area contributed by atoms with Crippen LogP contribution in [0.4, 0.5) is 0 Å². The summed E-state index contributed by atoms with van der Waals surface area (Å²) in [6.45, 7) is 5.11. The molecule has 19 heavy (non-hydrogen) atoms. The normalized spacial score (nSPS) is 18.8. The zero-order chi connectivity index (χ0) is 14.7. The molecule has 108 valence electrons. The SMILES string of the molecule is COC(=O)CS(=O)(=O)N1CCN(C(C)(C)C#N)CC1. The Balaban J connectivity index is 2.64. The van der Waals surface area contributed by atoms with E-state index in [2.05, 4.69) is 10.8 Å². The second-order valence-corrected chi connectivity index (χ2v) is 6.86. The number of sulfonamides is 1. The van der Waals surface area contributed by atoms with Crippen LogP contribution in [-0.2, 0) is 19.6 Å². The van der Waals surface area contributed by atoms with Crippen LogP contribution in [0.15, 0.2) is 0 Å². The monoisotopic (exact) mass is 289 g/mol. The van der Waals surface area contributed by atoms with Crippen molar-refractivity contribution in [3.63, 3.8) is 0 Å². The molecule has 0 spiro atoms. The van der Waals surface area contributed by atoms with Crippen LogP contribution in [0.1, 0.15) is 13.8 Å². The van der Waals surface area contributed by atoms with E-state index < -0.39 is 27.3 Å². The molecule has 1 heterocycles. The number of carbonyl (C=O) groups is 1. The number of carbonyl (C=O) groups excluding carboxylic acids is 1. The first-order chi connectivity index (χ1) is 8.73. The van der Waals surface area contributed by atoms with Gasteiger partial charge in [-0.3, -0.25) is 9.69 Å². The topological polar surface area (TPSA) is 90.7 Å². The molecule has 0 aromatic rings. The van der Waals surface area contributed by atoms with Gasteiger partial charge < -0.3 is 4.74 Å². The third-order valence-electron chi connectivity index (χ3n) is 3.22. The molecule has 8 heteroatoms. The number of nitrogens with zero attached hydrogens (tertiary/aromatic N) is 3. The molecule has 0 unspecified atom stereocenters. The third-order valence-corrected chi connectivity index (χ3v) is 4.98. The van der Waals surface area contributed by atoms with Gasteiger partial charge >= 0.3 is 5.97 Å². The van der Waals surface area contributed by atoms with Crippen molar-refractivity contribution in [2.75, 3.05) is 39.0 Å². The number of rotatable bonds is 4. The molecule has 1 saturated heterocycles. The van der Waals surface area contributed by atoms with Crippen molar-refractivity contribution in [3.8, 4) is 6.07 Å². The summed E-state index contributed by atoms with van der Waals surface area (Å²) in [6.07, 6.45) is 0. The smallest absolute Gasteiger partial charge is 0.322 e. The van der Waals surface area contributed by atoms with Crippen molar-refractivity contribution in [2.24, 2.45) is 0 Å². The summed E-state index contributed by atoms with van der Waals surface area (Å²) >= 11 is 0. The predicted molar refractivity (Wildman–Crippen MR) is 68.6 cm³/mol. The van der Waals surface area contributed by atoms with Crippen LogP contribution in [0, 0.1) is 11.3 Å². The van der Waals surface area contributed by atoms with Crippen LogP contribution in [-0.4, -0.2) is 68.2 Å². The van der Waals surface area contributed by atoms with E-state index in [0.29, 0.717) is 13.1 Å². The van der Waals surface area contributed by atoms with Gasteiger partial charge in [0.15, 0.2) is 5.75 Å². The molecule has 1 aliphatic heterocycles. The van der Waals surface area contributed by atoms with Gasteiger partial charge in [0.1, 0.15) is 5.54 Å². The standard InChI is InChI=1S/C11H19N3O4S/c1-11(2,9-12)13-4-6-14(7-5-13)19(16,17)8-10(15)18-3/h4-8H2,1-3H3. The van der Waals surface area contributed by atoms with Crippen molar-refractivity contribution in [1.82, 2.24) is 9.21 Å². The van der Waals surface area contributed by atoms with E-state index >= 15 is 0 Å². The quantitative estimate of drug-likeness (QED) is 0.642. The molecular weight excluding hydrogens is 270 g/mol. The van der Waals surface area contributed by atoms with Crippen LogP contribution in [0.25, 0.3) is 0 Å². The van der Waals surface area contributed by atoms with Crippen LogP contribution in [0.5, 0.6) is 0 Å². The average Bonchev–Trinajstić information content (AvgIpc) is 2.38. The molecule has 0 aromatic heterocycles. The maximum Gasteiger partial charge on any atom is 0.322 e. The molecule has 0 N–H and O–H groups in total. The molecule has 0 aliphatic carbocycles. The van der Waals surface area contributed by atoms with Gasteiger partial charge in [0.25, 0.3) is 0 Å². The van der Waals surface area contributed by atoms with E-state index in [1.165, 1.54) is 4.31 Å². The number of piperazine rings is 1. The first kappa shape index (κ1) is 15.9. The Morgan fingerprint density at radius 2 is 1.84 bits per heavy atom. The zero-order valence-corrected chi connectivity index (χ0v) is 12.2. The van der Waals surface area contributed by atoms with Gasteiger partial charge in [-0.05, 0) is 13.8 Å². The lowest BCUT2D eigenvalue weighted by Crippen LogP contribution is -2.55. The second kappa shape index (κ2) is 5.86. The molecule has 0 amide bonds. The molecule has 0 atom stereocenters. The summed E-state index contributed by atoms with van der Waals surface area (Å²) in [4.78, 5) is 13.0. The molecule has 0 radical (unpaired) electrons. The first-order valence-electron chi connectivity index (χ1n) is 5.94. The van der Waals surface area contributed by atoms with E-state index in [-0.39, 0.29) is 13.1 Å². The minimum Gasteiger partial charge on any atom is -0.468 e. The van der Waals surface area contributed by atoms with Gasteiger partial charge in [-0.2, -0.15) is 9.57 Å². The summed E-state index contributed by atoms with van der Waals surface area (Å²) in [7, 11) is -2.46. The van der Waals surface area contributed by atoms with Crippen molar-refractivity contribution < 1.29 is 17.9 Å². The van der Waals surface area contributed by atoms with E-state index in [4.69, 9.17) is 5.26 Å². The highest BCUT2D eigenvalue weighted by atomic mass is 32.2. The highest BCUT2D eigenvalue weighted by Crippen LogP contribution is 2.17. The summed E-state index contributed by atoms with van der Waals surface area (Å²) in [5, 5.41) is 9.04. The van der Waals surface area contributed by atoms with E-state index in [1.54, 1.807) is 13.8 Å². The molecule has 0 saturated carbocycles. The first-order valence-corrected chi connectivity index (χ1v) is 7.55. The van der Waals surface area contributed by atoms with Gasteiger partial charge in [-0.25, -0.2) is 8.42 Å². The van der Waals surface area contributed by atoms with Crippen molar-refractivity contribution in [1.29, 1.82) is 5.26 Å². The van der Waals surface area contributed by atoms with Gasteiger partial charge in [0, 0.05) is 26.2 Å². The highest BCUT2D eigenvalue weighted by molar-refractivity contribution is 7.89. The number of ether oxygens (including phenoxy) is 1. The number of nitriles is 1. The molecule has 0 bridgehead atoms. The molecular formula is C11H19N3O4S. The Hall–Kier alpha value is -1.17. The van der Waals surface area contributed by atoms with Crippen LogP contribution < -0.4 is 0 Å². The molecule has 1 aliphatic rings. The molecule has 1 fully saturated rings. The fraction of sp³-hybridized carbons (Fsp3) is 0.818. The van der Waals surface area contributed by atoms with Gasteiger partial charge in [-0.1, -0.05) is 0 Å². The number of esters is 1. The zero-order valence-electron chi connectivity index (χ0n) is 11.4. The Morgan fingerprint density at radius 1 is 1.32 bits per heavy atom. The lowest BCUT2D eigenvalue weighted by atomic mass is 10.0. The lowest BCUT2D eigenvalue weighted by Gasteiger charge is -2.39. The molecule has 1 rings (SSSR count). The van der Waals surface area contributed by atoms with E-state index in [0.717, 1.165) is 7.11 Å². The molecule has 7 nitrogen and oxygen atoms in total. The number of hydrogen-bond acceptors (Lipinski definition) is 6. The van der Waals surface area contributed by atoms with Crippen LogP contribution >= 0.6 is 0 Å². The highest BCUT2D eigenvalue weighted by Gasteiger charge is 2.34. The van der Waals surface area contributed by atoms with Crippen molar-refractivity contribution in [2.45, 2.75) is 19.4 Å². The van der Waals surface area contributed by atoms with E-state index in [9.17, 15) is 13.2 Å². The minimum atomic E-state index is -3.62. The lowest BCUT2D eigenvalue weighted by molar-refractivity contribution is -0.137. The largest absolute Gasteiger partial charge is 0.468 e. The van der Waals surface area contributed by atoms with Crippen molar-refractivity contribution >= 4 is 16.0 Å². The maximum absolute atomic E-state index is 11.9. The Bertz CT molecular complexity index is 473. The summed E-state index contributed by atoms with van der Waals surface area (Å²) in [6, 6.07) is 2.19. The van der Waals surface area contributed by atoms with Crippen molar-refractivity contribution in [3.05, 3.63) is 0 Å². The Morgan fingerprint density at radius 3 is 2.26 bits per heavy atom. The number of hydrogen-bond donors (Lipinski definition) is 0. The van der Waals surface area contributed by atoms with Gasteiger partial charge in [-0.15, -0.1) is 0 Å². The number of methoxy groups -OCH3 is 1. The Labute approximate surface area is 113 Å².